The van der Waals surface area contributed by atoms with Crippen LogP contribution in [0, 0.1) is 5.92 Å². The summed E-state index contributed by atoms with van der Waals surface area (Å²) in [5.74, 6) is 1.07. The van der Waals surface area contributed by atoms with Crippen molar-refractivity contribution in [2.75, 3.05) is 7.11 Å². The lowest BCUT2D eigenvalue weighted by Gasteiger charge is -2.14. The van der Waals surface area contributed by atoms with Crippen LogP contribution in [-0.2, 0) is 13.6 Å². The number of benzene rings is 2. The second-order valence-corrected chi connectivity index (χ2v) is 6.88. The summed E-state index contributed by atoms with van der Waals surface area (Å²) in [6.07, 6.45) is 1.73. The molecule has 0 unspecified atom stereocenters. The van der Waals surface area contributed by atoms with Gasteiger partial charge in [0.1, 0.15) is 5.75 Å². The molecule has 3 rings (SSSR count). The molecule has 0 aliphatic rings. The molecular weight excluding hydrogens is 342 g/mol. The lowest BCUT2D eigenvalue weighted by molar-refractivity contribution is 0.415. The molecule has 6 nitrogen and oxygen atoms in total. The molecule has 27 heavy (non-hydrogen) atoms. The molecule has 0 bridgehead atoms. The Hall–Kier alpha value is -3.15. The Balaban J connectivity index is 2.05. The van der Waals surface area contributed by atoms with E-state index in [4.69, 9.17) is 4.74 Å². The first-order chi connectivity index (χ1) is 12.9. The molecule has 140 valence electrons. The Morgan fingerprint density at radius 2 is 1.81 bits per heavy atom. The van der Waals surface area contributed by atoms with E-state index in [1.54, 1.807) is 30.0 Å². The minimum absolute atomic E-state index is 0.288. The maximum absolute atomic E-state index is 12.6. The van der Waals surface area contributed by atoms with Crippen LogP contribution in [-0.4, -0.2) is 22.5 Å². The van der Waals surface area contributed by atoms with E-state index in [1.807, 2.05) is 44.2 Å². The summed E-state index contributed by atoms with van der Waals surface area (Å²) < 4.78 is 7.95. The van der Waals surface area contributed by atoms with Crippen molar-refractivity contribution in [1.82, 2.24) is 9.13 Å². The zero-order chi connectivity index (χ0) is 19.6. The van der Waals surface area contributed by atoms with Gasteiger partial charge in [0.25, 0.3) is 5.56 Å². The summed E-state index contributed by atoms with van der Waals surface area (Å²) in [7, 11) is 3.13. The minimum Gasteiger partial charge on any atom is -0.497 e. The highest BCUT2D eigenvalue weighted by atomic mass is 16.5. The van der Waals surface area contributed by atoms with Crippen molar-refractivity contribution in [2.24, 2.45) is 18.0 Å². The Morgan fingerprint density at radius 3 is 2.44 bits per heavy atom. The fourth-order valence-corrected chi connectivity index (χ4v) is 2.94. The van der Waals surface area contributed by atoms with Gasteiger partial charge in [-0.15, -0.1) is 0 Å². The third kappa shape index (κ3) is 3.84. The highest BCUT2D eigenvalue weighted by Crippen LogP contribution is 2.19. The van der Waals surface area contributed by atoms with E-state index in [2.05, 4.69) is 4.99 Å². The normalized spacial score (nSPS) is 11.6. The molecule has 0 radical (unpaired) electrons. The quantitative estimate of drug-likeness (QED) is 0.653. The molecule has 0 N–H and O–H groups in total. The third-order valence-electron chi connectivity index (χ3n) is 4.35. The number of aliphatic imine (C=N–C) groups is 1. The van der Waals surface area contributed by atoms with Crippen molar-refractivity contribution in [3.63, 3.8) is 0 Å². The predicted molar refractivity (Wildman–Crippen MR) is 109 cm³/mol. The molecule has 0 saturated carbocycles. The highest BCUT2D eigenvalue weighted by Gasteiger charge is 2.12. The Labute approximate surface area is 157 Å². The first-order valence-corrected chi connectivity index (χ1v) is 8.82. The summed E-state index contributed by atoms with van der Waals surface area (Å²) in [4.78, 5) is 29.5. The molecule has 0 fully saturated rings. The van der Waals surface area contributed by atoms with Gasteiger partial charge in [-0.05, 0) is 53.9 Å². The minimum atomic E-state index is -0.309. The van der Waals surface area contributed by atoms with E-state index in [0.717, 1.165) is 15.9 Å². The topological polar surface area (TPSA) is 65.6 Å². The van der Waals surface area contributed by atoms with E-state index in [-0.39, 0.29) is 17.2 Å². The van der Waals surface area contributed by atoms with E-state index in [0.29, 0.717) is 23.1 Å². The summed E-state index contributed by atoms with van der Waals surface area (Å²) in [5.41, 5.74) is 1.62. The van der Waals surface area contributed by atoms with Gasteiger partial charge in [0.15, 0.2) is 0 Å². The number of aromatic nitrogens is 2. The van der Waals surface area contributed by atoms with Crippen LogP contribution in [0.5, 0.6) is 5.75 Å². The molecule has 0 amide bonds. The first-order valence-electron chi connectivity index (χ1n) is 8.82. The molecule has 0 aliphatic heterocycles. The van der Waals surface area contributed by atoms with E-state index in [9.17, 15) is 9.59 Å². The van der Waals surface area contributed by atoms with Crippen molar-refractivity contribution in [2.45, 2.75) is 20.4 Å². The summed E-state index contributed by atoms with van der Waals surface area (Å²) in [6, 6.07) is 12.9. The molecule has 0 spiro atoms. The van der Waals surface area contributed by atoms with Crippen molar-refractivity contribution >= 4 is 22.8 Å². The van der Waals surface area contributed by atoms with Crippen LogP contribution < -0.4 is 16.0 Å². The number of fused-ring (bicyclic) bond motifs is 1. The maximum atomic E-state index is 12.6. The molecule has 2 aromatic carbocycles. The SMILES string of the molecule is COc1ccc(C=Nc2ccc3c(c2)c(=O)n(C)c(=O)n3CC(C)C)cc1. The molecule has 0 aliphatic carbocycles. The Bertz CT molecular complexity index is 1110. The van der Waals surface area contributed by atoms with Crippen molar-refractivity contribution < 1.29 is 4.74 Å². The van der Waals surface area contributed by atoms with Gasteiger partial charge >= 0.3 is 5.69 Å². The lowest BCUT2D eigenvalue weighted by Crippen LogP contribution is -2.38. The average Bonchev–Trinajstić information content (AvgIpc) is 2.68. The molecule has 0 atom stereocenters. The van der Waals surface area contributed by atoms with Crippen LogP contribution in [0.3, 0.4) is 0 Å². The largest absolute Gasteiger partial charge is 0.497 e. The van der Waals surface area contributed by atoms with Crippen LogP contribution in [0.1, 0.15) is 19.4 Å². The van der Waals surface area contributed by atoms with Crippen LogP contribution in [0.2, 0.25) is 0 Å². The first kappa shape index (κ1) is 18.6. The number of nitrogens with zero attached hydrogens (tertiary/aromatic N) is 3. The molecule has 1 aromatic heterocycles. The molecule has 1 heterocycles. The van der Waals surface area contributed by atoms with Gasteiger partial charge in [-0.25, -0.2) is 4.79 Å². The van der Waals surface area contributed by atoms with Gasteiger partial charge in [0.2, 0.25) is 0 Å². The summed E-state index contributed by atoms with van der Waals surface area (Å²) >= 11 is 0. The maximum Gasteiger partial charge on any atom is 0.331 e. The van der Waals surface area contributed by atoms with Crippen LogP contribution in [0.4, 0.5) is 5.69 Å². The number of rotatable bonds is 5. The van der Waals surface area contributed by atoms with Crippen LogP contribution in [0.25, 0.3) is 10.9 Å². The summed E-state index contributed by atoms with van der Waals surface area (Å²) in [6.45, 7) is 4.63. The highest BCUT2D eigenvalue weighted by molar-refractivity contribution is 5.85. The number of hydrogen-bond acceptors (Lipinski definition) is 4. The third-order valence-corrected chi connectivity index (χ3v) is 4.35. The average molecular weight is 365 g/mol. The zero-order valence-corrected chi connectivity index (χ0v) is 16.0. The summed E-state index contributed by atoms with van der Waals surface area (Å²) in [5, 5.41) is 0.488. The lowest BCUT2D eigenvalue weighted by atomic mass is 10.2. The fraction of sp³-hybridized carbons (Fsp3) is 0.286. The van der Waals surface area contributed by atoms with E-state index < -0.39 is 0 Å². The second-order valence-electron chi connectivity index (χ2n) is 6.88. The monoisotopic (exact) mass is 365 g/mol. The molecule has 0 saturated heterocycles. The predicted octanol–water partition coefficient (Wildman–Crippen LogP) is 3.12. The smallest absolute Gasteiger partial charge is 0.331 e. The van der Waals surface area contributed by atoms with Crippen molar-refractivity contribution in [3.8, 4) is 5.75 Å². The number of methoxy groups -OCH3 is 1. The van der Waals surface area contributed by atoms with Gasteiger partial charge in [0, 0.05) is 19.8 Å². The van der Waals surface area contributed by atoms with Crippen LogP contribution >= 0.6 is 0 Å². The Kier molecular flexibility index (Phi) is 5.26. The fourth-order valence-electron chi connectivity index (χ4n) is 2.94. The van der Waals surface area contributed by atoms with Gasteiger partial charge in [-0.1, -0.05) is 13.8 Å². The van der Waals surface area contributed by atoms with E-state index in [1.165, 1.54) is 7.05 Å². The Morgan fingerprint density at radius 1 is 1.11 bits per heavy atom. The van der Waals surface area contributed by atoms with Gasteiger partial charge in [-0.2, -0.15) is 0 Å². The van der Waals surface area contributed by atoms with Gasteiger partial charge in [0.05, 0.1) is 23.7 Å². The second kappa shape index (κ2) is 7.61. The van der Waals surface area contributed by atoms with Crippen molar-refractivity contribution in [3.05, 3.63) is 68.9 Å². The molecule has 3 aromatic rings. The number of ether oxygens (including phenoxy) is 1. The standard InChI is InChI=1S/C21H23N3O3/c1-14(2)13-24-19-10-7-16(11-18(19)20(25)23(3)21(24)26)22-12-15-5-8-17(27-4)9-6-15/h5-12,14H,13H2,1-4H3. The van der Waals surface area contributed by atoms with Crippen LogP contribution in [0.15, 0.2) is 57.0 Å². The molecular formula is C21H23N3O3. The number of hydrogen-bond donors (Lipinski definition) is 0. The van der Waals surface area contributed by atoms with Gasteiger partial charge in [-0.3, -0.25) is 18.9 Å². The molecule has 6 heteroatoms. The van der Waals surface area contributed by atoms with Gasteiger partial charge < -0.3 is 4.74 Å². The van der Waals surface area contributed by atoms with E-state index >= 15 is 0 Å². The zero-order valence-electron chi connectivity index (χ0n) is 16.0. The van der Waals surface area contributed by atoms with Crippen molar-refractivity contribution in [1.29, 1.82) is 0 Å².